The molecule has 0 heterocycles. The van der Waals surface area contributed by atoms with Crippen molar-refractivity contribution in [3.8, 4) is 5.75 Å². The first-order chi connectivity index (χ1) is 9.87. The number of halogens is 3. The van der Waals surface area contributed by atoms with Gasteiger partial charge >= 0.3 is 12.3 Å². The summed E-state index contributed by atoms with van der Waals surface area (Å²) in [6.45, 7) is 0. The van der Waals surface area contributed by atoms with Crippen LogP contribution >= 0.6 is 0 Å². The number of carboxylic acid groups (broad SMARTS) is 1. The Morgan fingerprint density at radius 1 is 1.29 bits per heavy atom. The second kappa shape index (κ2) is 6.34. The van der Waals surface area contributed by atoms with Crippen LogP contribution in [0.25, 0.3) is 0 Å². The van der Waals surface area contributed by atoms with E-state index in [9.17, 15) is 23.1 Å². The molecule has 1 unspecified atom stereocenters. The van der Waals surface area contributed by atoms with Gasteiger partial charge in [0, 0.05) is 11.6 Å². The summed E-state index contributed by atoms with van der Waals surface area (Å²) in [5.74, 6) is -1.71. The summed E-state index contributed by atoms with van der Waals surface area (Å²) in [5, 5.41) is 12.2. The van der Waals surface area contributed by atoms with Gasteiger partial charge in [0.1, 0.15) is 11.8 Å². The Balaban J connectivity index is 2.24. The van der Waals surface area contributed by atoms with Crippen molar-refractivity contribution in [2.24, 2.45) is 0 Å². The van der Waals surface area contributed by atoms with E-state index in [0.717, 1.165) is 31.7 Å². The third-order valence-corrected chi connectivity index (χ3v) is 3.46. The van der Waals surface area contributed by atoms with Crippen LogP contribution in [0.15, 0.2) is 24.3 Å². The van der Waals surface area contributed by atoms with Gasteiger partial charge in [0.25, 0.3) is 0 Å². The zero-order valence-electron chi connectivity index (χ0n) is 11.2. The van der Waals surface area contributed by atoms with Crippen LogP contribution in [0.2, 0.25) is 0 Å². The van der Waals surface area contributed by atoms with Gasteiger partial charge in [-0.15, -0.1) is 13.2 Å². The van der Waals surface area contributed by atoms with Gasteiger partial charge in [-0.25, -0.2) is 0 Å². The van der Waals surface area contributed by atoms with E-state index in [1.807, 2.05) is 0 Å². The second-order valence-electron chi connectivity index (χ2n) is 5.00. The van der Waals surface area contributed by atoms with Crippen LogP contribution in [0.5, 0.6) is 5.75 Å². The Kier molecular flexibility index (Phi) is 4.72. The van der Waals surface area contributed by atoms with Gasteiger partial charge in [-0.3, -0.25) is 10.1 Å². The summed E-state index contributed by atoms with van der Waals surface area (Å²) >= 11 is 0. The number of alkyl halides is 3. The highest BCUT2D eigenvalue weighted by atomic mass is 19.4. The van der Waals surface area contributed by atoms with Crippen molar-refractivity contribution < 1.29 is 27.8 Å². The van der Waals surface area contributed by atoms with Crippen molar-refractivity contribution in [3.63, 3.8) is 0 Å². The van der Waals surface area contributed by atoms with Crippen molar-refractivity contribution in [2.75, 3.05) is 0 Å². The van der Waals surface area contributed by atoms with E-state index in [0.29, 0.717) is 0 Å². The minimum absolute atomic E-state index is 0.00467. The van der Waals surface area contributed by atoms with Crippen molar-refractivity contribution in [2.45, 2.75) is 44.1 Å². The molecule has 1 aliphatic rings. The van der Waals surface area contributed by atoms with Crippen LogP contribution in [0, 0.1) is 0 Å². The molecule has 2 N–H and O–H groups in total. The Hall–Kier alpha value is -1.76. The number of rotatable bonds is 5. The van der Waals surface area contributed by atoms with Crippen LogP contribution in [0.1, 0.15) is 37.3 Å². The maximum Gasteiger partial charge on any atom is 0.573 e. The highest BCUT2D eigenvalue weighted by molar-refractivity contribution is 5.76. The lowest BCUT2D eigenvalue weighted by Gasteiger charge is -2.22. The van der Waals surface area contributed by atoms with Gasteiger partial charge in [-0.05, 0) is 18.9 Å². The zero-order valence-corrected chi connectivity index (χ0v) is 11.2. The first-order valence-corrected chi connectivity index (χ1v) is 6.70. The molecule has 1 aliphatic carbocycles. The summed E-state index contributed by atoms with van der Waals surface area (Å²) in [6.07, 6.45) is -1.22. The minimum atomic E-state index is -4.85. The normalized spacial score (nSPS) is 17.7. The molecule has 0 amide bonds. The molecule has 0 aromatic heterocycles. The lowest BCUT2D eigenvalue weighted by Crippen LogP contribution is -2.36. The minimum Gasteiger partial charge on any atom is -0.480 e. The number of carboxylic acids is 1. The van der Waals surface area contributed by atoms with Gasteiger partial charge in [-0.2, -0.15) is 0 Å². The fraction of sp³-hybridized carbons (Fsp3) is 0.500. The van der Waals surface area contributed by atoms with Crippen LogP contribution in [-0.2, 0) is 4.79 Å². The van der Waals surface area contributed by atoms with Crippen LogP contribution in [0.3, 0.4) is 0 Å². The average molecular weight is 303 g/mol. The summed E-state index contributed by atoms with van der Waals surface area (Å²) in [5.41, 5.74) is -0.0192. The predicted molar refractivity (Wildman–Crippen MR) is 68.9 cm³/mol. The molecular weight excluding hydrogens is 287 g/mol. The molecule has 0 bridgehead atoms. The van der Waals surface area contributed by atoms with Crippen LogP contribution in [-0.4, -0.2) is 23.5 Å². The number of para-hydroxylation sites is 1. The van der Waals surface area contributed by atoms with E-state index >= 15 is 0 Å². The van der Waals surface area contributed by atoms with E-state index in [2.05, 4.69) is 10.1 Å². The molecule has 0 aliphatic heterocycles. The fourth-order valence-corrected chi connectivity index (χ4v) is 2.56. The van der Waals surface area contributed by atoms with Gasteiger partial charge in [0.15, 0.2) is 0 Å². The molecule has 1 saturated carbocycles. The summed E-state index contributed by atoms with van der Waals surface area (Å²) in [7, 11) is 0. The first-order valence-electron chi connectivity index (χ1n) is 6.70. The smallest absolute Gasteiger partial charge is 0.480 e. The monoisotopic (exact) mass is 303 g/mol. The predicted octanol–water partition coefficient (Wildman–Crippen LogP) is 3.24. The van der Waals surface area contributed by atoms with Gasteiger partial charge in [0.2, 0.25) is 0 Å². The fourth-order valence-electron chi connectivity index (χ4n) is 2.56. The van der Waals surface area contributed by atoms with E-state index in [1.54, 1.807) is 0 Å². The highest BCUT2D eigenvalue weighted by Gasteiger charge is 2.34. The summed E-state index contributed by atoms with van der Waals surface area (Å²) in [6, 6.07) is 4.11. The molecule has 21 heavy (non-hydrogen) atoms. The number of benzene rings is 1. The number of hydrogen-bond acceptors (Lipinski definition) is 3. The van der Waals surface area contributed by atoms with Crippen molar-refractivity contribution in [1.29, 1.82) is 0 Å². The molecule has 1 fully saturated rings. The molecule has 1 aromatic rings. The first kappa shape index (κ1) is 15.6. The molecule has 4 nitrogen and oxygen atoms in total. The Morgan fingerprint density at radius 3 is 2.48 bits per heavy atom. The van der Waals surface area contributed by atoms with Crippen molar-refractivity contribution in [1.82, 2.24) is 5.32 Å². The molecule has 116 valence electrons. The molecular formula is C14H16F3NO3. The molecule has 2 rings (SSSR count). The molecule has 0 spiro atoms. The van der Waals surface area contributed by atoms with E-state index in [4.69, 9.17) is 0 Å². The quantitative estimate of drug-likeness (QED) is 0.876. The largest absolute Gasteiger partial charge is 0.573 e. The zero-order chi connectivity index (χ0) is 15.5. The van der Waals surface area contributed by atoms with E-state index < -0.39 is 24.1 Å². The lowest BCUT2D eigenvalue weighted by molar-refractivity contribution is -0.275. The van der Waals surface area contributed by atoms with Gasteiger partial charge < -0.3 is 9.84 Å². The lowest BCUT2D eigenvalue weighted by atomic mass is 10.0. The number of nitrogens with one attached hydrogen (secondary N) is 1. The number of aliphatic carboxylic acids is 1. The number of ether oxygens (including phenoxy) is 1. The number of hydrogen-bond donors (Lipinski definition) is 2. The van der Waals surface area contributed by atoms with Crippen molar-refractivity contribution >= 4 is 5.97 Å². The van der Waals surface area contributed by atoms with E-state index in [1.165, 1.54) is 18.2 Å². The molecule has 1 atom stereocenters. The van der Waals surface area contributed by atoms with Crippen molar-refractivity contribution in [3.05, 3.63) is 29.8 Å². The maximum absolute atomic E-state index is 12.4. The SMILES string of the molecule is O=C(O)C(NC1CCCC1)c1ccccc1OC(F)(F)F. The third kappa shape index (κ3) is 4.35. The maximum atomic E-state index is 12.4. The van der Waals surface area contributed by atoms with Gasteiger partial charge in [-0.1, -0.05) is 31.0 Å². The van der Waals surface area contributed by atoms with Crippen LogP contribution < -0.4 is 10.1 Å². The second-order valence-corrected chi connectivity index (χ2v) is 5.00. The molecule has 0 radical (unpaired) electrons. The standard InChI is InChI=1S/C14H16F3NO3/c15-14(16,17)21-11-8-4-3-7-10(11)12(13(19)20)18-9-5-1-2-6-9/h3-4,7-9,12,18H,1-2,5-6H2,(H,19,20). The summed E-state index contributed by atoms with van der Waals surface area (Å²) in [4.78, 5) is 11.4. The average Bonchev–Trinajstić information content (AvgIpc) is 2.87. The van der Waals surface area contributed by atoms with E-state index in [-0.39, 0.29) is 11.6 Å². The molecule has 1 aromatic carbocycles. The molecule has 0 saturated heterocycles. The van der Waals surface area contributed by atoms with Crippen LogP contribution in [0.4, 0.5) is 13.2 Å². The Morgan fingerprint density at radius 2 is 1.90 bits per heavy atom. The highest BCUT2D eigenvalue weighted by Crippen LogP contribution is 2.31. The third-order valence-electron chi connectivity index (χ3n) is 3.46. The Labute approximate surface area is 119 Å². The molecule has 7 heteroatoms. The topological polar surface area (TPSA) is 58.6 Å². The van der Waals surface area contributed by atoms with Gasteiger partial charge in [0.05, 0.1) is 0 Å². The summed E-state index contributed by atoms with van der Waals surface area (Å²) < 4.78 is 41.1. The Bertz CT molecular complexity index is 498. The number of carbonyl (C=O) groups is 1.